The highest BCUT2D eigenvalue weighted by Gasteiger charge is 2.23. The van der Waals surface area contributed by atoms with Crippen molar-refractivity contribution in [3.8, 4) is 0 Å². The first-order chi connectivity index (χ1) is 15.1. The van der Waals surface area contributed by atoms with Crippen LogP contribution in [0.15, 0.2) is 41.7 Å². The molecule has 0 saturated carbocycles. The van der Waals surface area contributed by atoms with Crippen molar-refractivity contribution in [3.05, 3.63) is 53.6 Å². The number of halogens is 1. The topological polar surface area (TPSA) is 66.7 Å². The highest BCUT2D eigenvalue weighted by molar-refractivity contribution is 14.0. The minimum Gasteiger partial charge on any atom is -0.379 e. The molecule has 0 amide bonds. The van der Waals surface area contributed by atoms with E-state index in [4.69, 9.17) is 9.73 Å². The van der Waals surface area contributed by atoms with Crippen molar-refractivity contribution in [1.82, 2.24) is 25.1 Å². The van der Waals surface area contributed by atoms with Crippen LogP contribution in [0, 0.1) is 12.8 Å². The maximum Gasteiger partial charge on any atom is 0.191 e. The van der Waals surface area contributed by atoms with Gasteiger partial charge in [0.1, 0.15) is 5.82 Å². The van der Waals surface area contributed by atoms with E-state index in [2.05, 4.69) is 70.1 Å². The minimum atomic E-state index is 0. The van der Waals surface area contributed by atoms with Crippen LogP contribution in [0.25, 0.3) is 0 Å². The lowest BCUT2D eigenvalue weighted by atomic mass is 10.0. The van der Waals surface area contributed by atoms with Crippen LogP contribution < -0.4 is 10.6 Å². The van der Waals surface area contributed by atoms with Crippen LogP contribution in [0.4, 0.5) is 0 Å². The summed E-state index contributed by atoms with van der Waals surface area (Å²) in [4.78, 5) is 11.7. The number of guanidine groups is 1. The summed E-state index contributed by atoms with van der Waals surface area (Å²) in [6.07, 6.45) is 3.87. The summed E-state index contributed by atoms with van der Waals surface area (Å²) in [7, 11) is 0. The minimum absolute atomic E-state index is 0. The number of aromatic nitrogens is 2. The van der Waals surface area contributed by atoms with Gasteiger partial charge in [-0.05, 0) is 30.9 Å². The largest absolute Gasteiger partial charge is 0.379 e. The Bertz CT molecular complexity index is 831. The molecule has 1 aliphatic rings. The number of nitrogens with one attached hydrogen (secondary N) is 2. The molecule has 0 spiro atoms. The van der Waals surface area contributed by atoms with Crippen LogP contribution in [-0.2, 0) is 17.8 Å². The number of hydrogen-bond acceptors (Lipinski definition) is 4. The number of nitrogens with zero attached hydrogens (tertiary/aromatic N) is 4. The highest BCUT2D eigenvalue weighted by atomic mass is 127. The van der Waals surface area contributed by atoms with Crippen molar-refractivity contribution in [2.45, 2.75) is 46.8 Å². The van der Waals surface area contributed by atoms with E-state index >= 15 is 0 Å². The van der Waals surface area contributed by atoms with Gasteiger partial charge in [-0.2, -0.15) is 0 Å². The molecule has 0 aliphatic carbocycles. The van der Waals surface area contributed by atoms with Gasteiger partial charge >= 0.3 is 0 Å². The van der Waals surface area contributed by atoms with E-state index in [0.29, 0.717) is 18.5 Å². The number of morpholine rings is 1. The van der Waals surface area contributed by atoms with E-state index in [9.17, 15) is 0 Å². The monoisotopic (exact) mass is 554 g/mol. The van der Waals surface area contributed by atoms with Gasteiger partial charge in [0.15, 0.2) is 5.96 Å². The van der Waals surface area contributed by atoms with Gasteiger partial charge in [0.2, 0.25) is 0 Å². The Balaban J connectivity index is 0.00000363. The summed E-state index contributed by atoms with van der Waals surface area (Å²) in [5, 5.41) is 6.96. The fourth-order valence-corrected chi connectivity index (χ4v) is 4.00. The van der Waals surface area contributed by atoms with E-state index in [1.165, 1.54) is 11.1 Å². The predicted octanol–water partition coefficient (Wildman–Crippen LogP) is 3.27. The number of imidazole rings is 1. The second-order valence-corrected chi connectivity index (χ2v) is 8.46. The fourth-order valence-electron chi connectivity index (χ4n) is 4.00. The molecule has 8 heteroatoms. The molecule has 1 atom stereocenters. The molecule has 178 valence electrons. The SMILES string of the molecule is CCNC(=NCc1cccc(Cn2ccnc2C)c1)NCC(C(C)C)N1CCOCC1.I. The van der Waals surface area contributed by atoms with Gasteiger partial charge in [0, 0.05) is 51.2 Å². The molecule has 0 radical (unpaired) electrons. The number of hydrogen-bond donors (Lipinski definition) is 2. The number of ether oxygens (including phenoxy) is 1. The van der Waals surface area contributed by atoms with Crippen LogP contribution in [0.5, 0.6) is 0 Å². The summed E-state index contributed by atoms with van der Waals surface area (Å²) in [6.45, 7) is 15.6. The molecule has 1 aromatic heterocycles. The molecular weight excluding hydrogens is 515 g/mol. The van der Waals surface area contributed by atoms with Crippen molar-refractivity contribution >= 4 is 29.9 Å². The molecule has 2 N–H and O–H groups in total. The van der Waals surface area contributed by atoms with Crippen LogP contribution in [-0.4, -0.2) is 65.8 Å². The number of aryl methyl sites for hydroxylation is 1. The van der Waals surface area contributed by atoms with Crippen molar-refractivity contribution in [2.75, 3.05) is 39.4 Å². The molecule has 2 aromatic rings. The van der Waals surface area contributed by atoms with Crippen molar-refractivity contribution < 1.29 is 4.74 Å². The van der Waals surface area contributed by atoms with Crippen LogP contribution in [0.3, 0.4) is 0 Å². The Hall–Kier alpha value is -1.65. The van der Waals surface area contributed by atoms with Gasteiger partial charge in [-0.15, -0.1) is 24.0 Å². The molecule has 1 fully saturated rings. The Labute approximate surface area is 210 Å². The van der Waals surface area contributed by atoms with E-state index in [1.54, 1.807) is 0 Å². The lowest BCUT2D eigenvalue weighted by Gasteiger charge is -2.37. The number of aliphatic imine (C=N–C) groups is 1. The first kappa shape index (κ1) is 26.6. The number of rotatable bonds is 9. The zero-order valence-electron chi connectivity index (χ0n) is 19.9. The molecule has 1 aromatic carbocycles. The molecule has 2 heterocycles. The first-order valence-corrected chi connectivity index (χ1v) is 11.5. The summed E-state index contributed by atoms with van der Waals surface area (Å²) in [5.74, 6) is 2.47. The van der Waals surface area contributed by atoms with Gasteiger partial charge in [-0.1, -0.05) is 38.1 Å². The molecule has 1 aliphatic heterocycles. The smallest absolute Gasteiger partial charge is 0.191 e. The Kier molecular flexibility index (Phi) is 11.5. The zero-order valence-corrected chi connectivity index (χ0v) is 22.2. The Morgan fingerprint density at radius 3 is 2.59 bits per heavy atom. The Morgan fingerprint density at radius 1 is 1.19 bits per heavy atom. The Morgan fingerprint density at radius 2 is 1.94 bits per heavy atom. The maximum atomic E-state index is 5.53. The third-order valence-corrected chi connectivity index (χ3v) is 5.79. The normalized spacial score (nSPS) is 16.0. The van der Waals surface area contributed by atoms with Gasteiger partial charge in [-0.25, -0.2) is 9.98 Å². The summed E-state index contributed by atoms with van der Waals surface area (Å²) < 4.78 is 7.69. The second kappa shape index (κ2) is 13.8. The molecule has 3 rings (SSSR count). The molecule has 7 nitrogen and oxygen atoms in total. The molecule has 1 saturated heterocycles. The lowest BCUT2D eigenvalue weighted by molar-refractivity contribution is 0.00752. The molecule has 0 bridgehead atoms. The average molecular weight is 555 g/mol. The van der Waals surface area contributed by atoms with Gasteiger partial charge < -0.3 is 19.9 Å². The van der Waals surface area contributed by atoms with Crippen LogP contribution in [0.1, 0.15) is 37.7 Å². The lowest BCUT2D eigenvalue weighted by Crippen LogP contribution is -2.52. The van der Waals surface area contributed by atoms with Gasteiger partial charge in [-0.3, -0.25) is 4.90 Å². The quantitative estimate of drug-likeness (QED) is 0.283. The van der Waals surface area contributed by atoms with Crippen LogP contribution >= 0.6 is 24.0 Å². The summed E-state index contributed by atoms with van der Waals surface area (Å²) >= 11 is 0. The fraction of sp³-hybridized carbons (Fsp3) is 0.583. The first-order valence-electron chi connectivity index (χ1n) is 11.5. The third-order valence-electron chi connectivity index (χ3n) is 5.79. The summed E-state index contributed by atoms with van der Waals surface area (Å²) in [5.41, 5.74) is 2.47. The second-order valence-electron chi connectivity index (χ2n) is 8.46. The molecule has 32 heavy (non-hydrogen) atoms. The van der Waals surface area contributed by atoms with Crippen molar-refractivity contribution in [2.24, 2.45) is 10.9 Å². The van der Waals surface area contributed by atoms with Gasteiger partial charge in [0.05, 0.1) is 19.8 Å². The predicted molar refractivity (Wildman–Crippen MR) is 142 cm³/mol. The van der Waals surface area contributed by atoms with Crippen molar-refractivity contribution in [3.63, 3.8) is 0 Å². The van der Waals surface area contributed by atoms with E-state index < -0.39 is 0 Å². The number of benzene rings is 1. The molecular formula is C24H39IN6O. The van der Waals surface area contributed by atoms with Crippen LogP contribution in [0.2, 0.25) is 0 Å². The van der Waals surface area contributed by atoms with E-state index in [-0.39, 0.29) is 24.0 Å². The van der Waals surface area contributed by atoms with E-state index in [1.807, 2.05) is 19.3 Å². The average Bonchev–Trinajstić information content (AvgIpc) is 3.17. The zero-order chi connectivity index (χ0) is 22.1. The maximum absolute atomic E-state index is 5.53. The van der Waals surface area contributed by atoms with Gasteiger partial charge in [0.25, 0.3) is 0 Å². The van der Waals surface area contributed by atoms with Crippen molar-refractivity contribution in [1.29, 1.82) is 0 Å². The molecule has 1 unspecified atom stereocenters. The van der Waals surface area contributed by atoms with E-state index in [0.717, 1.165) is 57.7 Å². The highest BCUT2D eigenvalue weighted by Crippen LogP contribution is 2.13. The summed E-state index contributed by atoms with van der Waals surface area (Å²) in [6, 6.07) is 9.11. The standard InChI is InChI=1S/C24H38N6O.HI/c1-5-25-24(28-17-23(19(2)3)29-11-13-31-14-12-29)27-16-21-7-6-8-22(15-21)18-30-10-9-26-20(30)4;/h6-10,15,19,23H,5,11-14,16-18H2,1-4H3,(H2,25,27,28);1H. The third kappa shape index (κ3) is 8.04.